The number of ketones is 1. The van der Waals surface area contributed by atoms with Gasteiger partial charge in [0.2, 0.25) is 0 Å². The van der Waals surface area contributed by atoms with Crippen molar-refractivity contribution in [3.05, 3.63) is 70.5 Å². The molecular formula is C19H17BrN4O. The van der Waals surface area contributed by atoms with Crippen molar-refractivity contribution in [2.45, 2.75) is 13.8 Å². The van der Waals surface area contributed by atoms with Gasteiger partial charge in [-0.2, -0.15) is 0 Å². The Morgan fingerprint density at radius 1 is 0.920 bits per heavy atom. The van der Waals surface area contributed by atoms with Gasteiger partial charge in [-0.3, -0.25) is 4.79 Å². The van der Waals surface area contributed by atoms with Gasteiger partial charge in [-0.25, -0.2) is 9.97 Å². The van der Waals surface area contributed by atoms with E-state index in [-0.39, 0.29) is 5.78 Å². The summed E-state index contributed by atoms with van der Waals surface area (Å²) in [5.41, 5.74) is 2.40. The molecule has 0 atom stereocenters. The maximum absolute atomic E-state index is 11.5. The maximum atomic E-state index is 11.5. The van der Waals surface area contributed by atoms with Crippen molar-refractivity contribution >= 4 is 44.7 Å². The monoisotopic (exact) mass is 396 g/mol. The molecule has 0 bridgehead atoms. The first-order valence-corrected chi connectivity index (χ1v) is 8.55. The normalized spacial score (nSPS) is 10.4. The molecule has 0 saturated heterocycles. The fourth-order valence-electron chi connectivity index (χ4n) is 2.34. The third-order valence-electron chi connectivity index (χ3n) is 3.50. The number of benzene rings is 2. The summed E-state index contributed by atoms with van der Waals surface area (Å²) in [5.74, 6) is 2.03. The second-order valence-electron chi connectivity index (χ2n) is 5.58. The minimum Gasteiger partial charge on any atom is -0.340 e. The zero-order valence-corrected chi connectivity index (χ0v) is 15.5. The fraction of sp³-hybridized carbons (Fsp3) is 0.105. The third-order valence-corrected chi connectivity index (χ3v) is 4.02. The van der Waals surface area contributed by atoms with Crippen molar-refractivity contribution in [1.29, 1.82) is 0 Å². The summed E-state index contributed by atoms with van der Waals surface area (Å²) in [6.07, 6.45) is 0. The minimum absolute atomic E-state index is 0.0279. The van der Waals surface area contributed by atoms with Crippen LogP contribution in [0.1, 0.15) is 23.1 Å². The van der Waals surface area contributed by atoms with Crippen LogP contribution in [0.15, 0.2) is 59.1 Å². The lowest BCUT2D eigenvalue weighted by Crippen LogP contribution is -2.02. The van der Waals surface area contributed by atoms with Crippen molar-refractivity contribution in [2.24, 2.45) is 0 Å². The molecule has 2 N–H and O–H groups in total. The van der Waals surface area contributed by atoms with Crippen molar-refractivity contribution in [3.8, 4) is 0 Å². The summed E-state index contributed by atoms with van der Waals surface area (Å²) in [6, 6.07) is 17.0. The van der Waals surface area contributed by atoms with Crippen LogP contribution in [0.25, 0.3) is 0 Å². The molecule has 1 heterocycles. The minimum atomic E-state index is 0.0279. The van der Waals surface area contributed by atoms with Gasteiger partial charge in [-0.1, -0.05) is 28.1 Å². The molecule has 6 heteroatoms. The number of hydrogen-bond acceptors (Lipinski definition) is 5. The number of halogens is 1. The standard InChI is InChI=1S/C19H17BrN4O/c1-12(25)14-4-3-5-17(10-14)24-19-11-18(21-13(2)22-19)23-16-8-6-15(20)7-9-16/h3-11H,1-2H3,(H2,21,22,23,24). The Bertz CT molecular complexity index is 910. The zero-order chi connectivity index (χ0) is 17.8. The van der Waals surface area contributed by atoms with E-state index in [0.717, 1.165) is 15.8 Å². The van der Waals surface area contributed by atoms with E-state index < -0.39 is 0 Å². The van der Waals surface area contributed by atoms with Crippen LogP contribution < -0.4 is 10.6 Å². The maximum Gasteiger partial charge on any atom is 0.159 e. The van der Waals surface area contributed by atoms with Gasteiger partial charge >= 0.3 is 0 Å². The van der Waals surface area contributed by atoms with Crippen LogP contribution >= 0.6 is 15.9 Å². The first-order valence-electron chi connectivity index (χ1n) is 7.76. The van der Waals surface area contributed by atoms with Crippen molar-refractivity contribution in [3.63, 3.8) is 0 Å². The molecule has 126 valence electrons. The Labute approximate surface area is 154 Å². The summed E-state index contributed by atoms with van der Waals surface area (Å²) >= 11 is 3.42. The van der Waals surface area contributed by atoms with Gasteiger partial charge in [-0.05, 0) is 50.2 Å². The van der Waals surface area contributed by atoms with Crippen LogP contribution in [-0.2, 0) is 0 Å². The highest BCUT2D eigenvalue weighted by Crippen LogP contribution is 2.22. The summed E-state index contributed by atoms with van der Waals surface area (Å²) in [6.45, 7) is 3.39. The number of anilines is 4. The van der Waals surface area contributed by atoms with E-state index in [1.165, 1.54) is 0 Å². The Hall–Kier alpha value is -2.73. The van der Waals surface area contributed by atoms with Crippen LogP contribution in [0.5, 0.6) is 0 Å². The lowest BCUT2D eigenvalue weighted by molar-refractivity contribution is 0.101. The number of carbonyl (C=O) groups is 1. The third kappa shape index (κ3) is 4.64. The molecule has 0 aliphatic heterocycles. The Morgan fingerprint density at radius 3 is 2.20 bits per heavy atom. The highest BCUT2D eigenvalue weighted by molar-refractivity contribution is 9.10. The van der Waals surface area contributed by atoms with E-state index in [9.17, 15) is 4.79 Å². The quantitative estimate of drug-likeness (QED) is 0.577. The Kier molecular flexibility index (Phi) is 5.09. The largest absolute Gasteiger partial charge is 0.340 e. The predicted octanol–water partition coefficient (Wildman–Crippen LogP) is 5.24. The molecule has 3 aromatic rings. The number of aromatic nitrogens is 2. The second kappa shape index (κ2) is 7.44. The number of rotatable bonds is 5. The molecule has 0 spiro atoms. The smallest absolute Gasteiger partial charge is 0.159 e. The molecule has 3 rings (SSSR count). The van der Waals surface area contributed by atoms with E-state index in [0.29, 0.717) is 23.0 Å². The molecule has 0 radical (unpaired) electrons. The number of aryl methyl sites for hydroxylation is 1. The molecule has 0 saturated carbocycles. The van der Waals surface area contributed by atoms with Gasteiger partial charge in [0, 0.05) is 27.5 Å². The number of nitrogens with one attached hydrogen (secondary N) is 2. The SMILES string of the molecule is CC(=O)c1cccc(Nc2cc(Nc3ccc(Br)cc3)nc(C)n2)c1. The molecule has 25 heavy (non-hydrogen) atoms. The van der Waals surface area contributed by atoms with Crippen LogP contribution in [0.3, 0.4) is 0 Å². The van der Waals surface area contributed by atoms with E-state index in [1.54, 1.807) is 13.0 Å². The fourth-order valence-corrected chi connectivity index (χ4v) is 2.61. The van der Waals surface area contributed by atoms with E-state index in [4.69, 9.17) is 0 Å². The molecule has 5 nitrogen and oxygen atoms in total. The van der Waals surface area contributed by atoms with Crippen molar-refractivity contribution < 1.29 is 4.79 Å². The molecule has 0 unspecified atom stereocenters. The molecule has 1 aromatic heterocycles. The average Bonchev–Trinajstić information content (AvgIpc) is 2.57. The lowest BCUT2D eigenvalue weighted by atomic mass is 10.1. The van der Waals surface area contributed by atoms with Crippen LogP contribution in [0, 0.1) is 6.92 Å². The van der Waals surface area contributed by atoms with Crippen LogP contribution in [0.4, 0.5) is 23.0 Å². The van der Waals surface area contributed by atoms with Crippen molar-refractivity contribution in [2.75, 3.05) is 10.6 Å². The summed E-state index contributed by atoms with van der Waals surface area (Å²) < 4.78 is 1.02. The summed E-state index contributed by atoms with van der Waals surface area (Å²) in [5, 5.41) is 6.49. The molecular weight excluding hydrogens is 380 g/mol. The van der Waals surface area contributed by atoms with Gasteiger partial charge in [0.15, 0.2) is 5.78 Å². The topological polar surface area (TPSA) is 66.9 Å². The summed E-state index contributed by atoms with van der Waals surface area (Å²) in [7, 11) is 0. The zero-order valence-electron chi connectivity index (χ0n) is 13.9. The lowest BCUT2D eigenvalue weighted by Gasteiger charge is -2.11. The molecule has 0 amide bonds. The van der Waals surface area contributed by atoms with Gasteiger partial charge in [0.1, 0.15) is 17.5 Å². The molecule has 0 aliphatic rings. The highest BCUT2D eigenvalue weighted by Gasteiger charge is 2.05. The number of carbonyl (C=O) groups excluding carboxylic acids is 1. The van der Waals surface area contributed by atoms with Crippen LogP contribution in [0.2, 0.25) is 0 Å². The number of nitrogens with zero attached hydrogens (tertiary/aromatic N) is 2. The molecule has 0 fully saturated rings. The second-order valence-corrected chi connectivity index (χ2v) is 6.50. The highest BCUT2D eigenvalue weighted by atomic mass is 79.9. The van der Waals surface area contributed by atoms with E-state index in [1.807, 2.05) is 55.5 Å². The number of hydrogen-bond donors (Lipinski definition) is 2. The first kappa shape index (κ1) is 17.1. The van der Waals surface area contributed by atoms with Crippen molar-refractivity contribution in [1.82, 2.24) is 9.97 Å². The Balaban J connectivity index is 1.83. The van der Waals surface area contributed by atoms with Gasteiger partial charge in [-0.15, -0.1) is 0 Å². The van der Waals surface area contributed by atoms with Crippen LogP contribution in [-0.4, -0.2) is 15.8 Å². The average molecular weight is 397 g/mol. The van der Waals surface area contributed by atoms with E-state index >= 15 is 0 Å². The van der Waals surface area contributed by atoms with Gasteiger partial charge in [0.25, 0.3) is 0 Å². The number of Topliss-reactive ketones (excluding diaryl/α,β-unsaturated/α-hetero) is 1. The summed E-state index contributed by atoms with van der Waals surface area (Å²) in [4.78, 5) is 20.3. The van der Waals surface area contributed by atoms with Gasteiger partial charge in [0.05, 0.1) is 0 Å². The van der Waals surface area contributed by atoms with Gasteiger partial charge < -0.3 is 10.6 Å². The predicted molar refractivity (Wildman–Crippen MR) is 104 cm³/mol. The molecule has 2 aromatic carbocycles. The first-order chi connectivity index (χ1) is 12.0. The molecule has 0 aliphatic carbocycles. The Morgan fingerprint density at radius 2 is 1.56 bits per heavy atom. The van der Waals surface area contributed by atoms with E-state index in [2.05, 4.69) is 36.5 Å².